The van der Waals surface area contributed by atoms with Crippen molar-refractivity contribution in [3.05, 3.63) is 69.1 Å². The van der Waals surface area contributed by atoms with Crippen LogP contribution < -0.4 is 14.9 Å². The number of carbonyl (C=O) groups excluding carboxylic acids is 1. The van der Waals surface area contributed by atoms with Crippen LogP contribution in [0.4, 0.5) is 0 Å². The molecule has 0 bridgehead atoms. The molecule has 1 atom stereocenters. The number of benzene rings is 2. The Bertz CT molecular complexity index is 1310. The Kier molecular flexibility index (Phi) is 8.54. The molecule has 2 aromatic carbocycles. The van der Waals surface area contributed by atoms with Gasteiger partial charge in [-0.1, -0.05) is 37.5 Å². The van der Waals surface area contributed by atoms with Crippen molar-refractivity contribution in [2.75, 3.05) is 26.9 Å². The van der Waals surface area contributed by atoms with E-state index in [1.54, 1.807) is 18.1 Å². The van der Waals surface area contributed by atoms with Crippen molar-refractivity contribution in [3.63, 3.8) is 0 Å². The van der Waals surface area contributed by atoms with Crippen LogP contribution in [0.5, 0.6) is 11.5 Å². The molecule has 4 rings (SSSR count). The molecule has 1 unspecified atom stereocenters. The summed E-state index contributed by atoms with van der Waals surface area (Å²) < 4.78 is 23.4. The molecule has 2 heterocycles. The molecule has 0 radical (unpaired) electrons. The zero-order valence-corrected chi connectivity index (χ0v) is 22.5. The van der Waals surface area contributed by atoms with E-state index in [4.69, 9.17) is 18.6 Å². The molecule has 0 fully saturated rings. The van der Waals surface area contributed by atoms with E-state index in [1.807, 2.05) is 51.1 Å². The first-order chi connectivity index (χ1) is 17.8. The quantitative estimate of drug-likeness (QED) is 0.278. The summed E-state index contributed by atoms with van der Waals surface area (Å²) in [6.45, 7) is 9.58. The lowest BCUT2D eigenvalue weighted by molar-refractivity contribution is 0.0593. The number of hydrogen-bond donors (Lipinski definition) is 0. The summed E-state index contributed by atoms with van der Waals surface area (Å²) >= 11 is 0. The van der Waals surface area contributed by atoms with Gasteiger partial charge in [0.1, 0.15) is 5.58 Å². The first kappa shape index (κ1) is 26.7. The lowest BCUT2D eigenvalue weighted by atomic mass is 9.97. The third kappa shape index (κ3) is 5.67. The van der Waals surface area contributed by atoms with Crippen LogP contribution in [0, 0.1) is 6.92 Å². The van der Waals surface area contributed by atoms with E-state index in [2.05, 4.69) is 6.92 Å². The van der Waals surface area contributed by atoms with Crippen molar-refractivity contribution in [2.24, 2.45) is 0 Å². The second-order valence-electron chi connectivity index (χ2n) is 9.81. The maximum Gasteiger partial charge on any atom is 0.290 e. The van der Waals surface area contributed by atoms with Crippen molar-refractivity contribution >= 4 is 16.9 Å². The van der Waals surface area contributed by atoms with Crippen LogP contribution in [-0.2, 0) is 4.74 Å². The number of rotatable bonds is 12. The average Bonchev–Trinajstić information content (AvgIpc) is 3.16. The highest BCUT2D eigenvalue weighted by Crippen LogP contribution is 2.41. The lowest BCUT2D eigenvalue weighted by Gasteiger charge is -2.26. The highest BCUT2D eigenvalue weighted by molar-refractivity contribution is 5.99. The number of methoxy groups -OCH3 is 1. The van der Waals surface area contributed by atoms with Gasteiger partial charge in [0, 0.05) is 13.2 Å². The topological polar surface area (TPSA) is 78.2 Å². The predicted octanol–water partition coefficient (Wildman–Crippen LogP) is 6.04. The number of ether oxygens (including phenoxy) is 3. The van der Waals surface area contributed by atoms with Gasteiger partial charge in [-0.3, -0.25) is 9.59 Å². The van der Waals surface area contributed by atoms with Crippen molar-refractivity contribution in [1.29, 1.82) is 0 Å². The van der Waals surface area contributed by atoms with Crippen molar-refractivity contribution in [3.8, 4) is 11.5 Å². The predicted molar refractivity (Wildman–Crippen MR) is 144 cm³/mol. The number of fused-ring (bicyclic) bond motifs is 2. The zero-order valence-electron chi connectivity index (χ0n) is 22.5. The Morgan fingerprint density at radius 2 is 1.81 bits per heavy atom. The minimum atomic E-state index is -0.592. The number of hydrogen-bond acceptors (Lipinski definition) is 6. The van der Waals surface area contributed by atoms with E-state index in [1.165, 1.54) is 0 Å². The minimum absolute atomic E-state index is 0.105. The molecule has 3 aromatic rings. The zero-order chi connectivity index (χ0) is 26.5. The standard InChI is InChI=1S/C30H37NO6/c1-6-7-8-15-36-24-13-11-21(18-25(24)34-5)27-26-28(32)22-17-20(4)10-12-23(22)37-29(26)30(33)31(27)14-9-16-35-19(2)3/h10-13,17-19,27H,6-9,14-16H2,1-5H3. The Labute approximate surface area is 218 Å². The van der Waals surface area contributed by atoms with Gasteiger partial charge < -0.3 is 23.5 Å². The summed E-state index contributed by atoms with van der Waals surface area (Å²) in [6, 6.07) is 10.5. The summed E-state index contributed by atoms with van der Waals surface area (Å²) in [6.07, 6.45) is 3.92. The fourth-order valence-electron chi connectivity index (χ4n) is 4.77. The van der Waals surface area contributed by atoms with Gasteiger partial charge in [0.15, 0.2) is 16.9 Å². The molecule has 1 aromatic heterocycles. The van der Waals surface area contributed by atoms with Crippen LogP contribution in [-0.4, -0.2) is 43.8 Å². The molecule has 7 heteroatoms. The first-order valence-electron chi connectivity index (χ1n) is 13.2. The second-order valence-corrected chi connectivity index (χ2v) is 9.81. The van der Waals surface area contributed by atoms with Crippen LogP contribution in [0.15, 0.2) is 45.6 Å². The first-order valence-corrected chi connectivity index (χ1v) is 13.2. The molecule has 0 spiro atoms. The van der Waals surface area contributed by atoms with Gasteiger partial charge in [0.25, 0.3) is 5.91 Å². The fourth-order valence-corrected chi connectivity index (χ4v) is 4.77. The monoisotopic (exact) mass is 507 g/mol. The molecular formula is C30H37NO6. The van der Waals surface area contributed by atoms with Gasteiger partial charge in [-0.05, 0) is 63.4 Å². The smallest absolute Gasteiger partial charge is 0.290 e. The van der Waals surface area contributed by atoms with Gasteiger partial charge in [-0.2, -0.15) is 0 Å². The van der Waals surface area contributed by atoms with Crippen LogP contribution >= 0.6 is 0 Å². The lowest BCUT2D eigenvalue weighted by Crippen LogP contribution is -2.31. The number of unbranched alkanes of at least 4 members (excludes halogenated alkanes) is 2. The maximum atomic E-state index is 13.8. The molecule has 0 saturated heterocycles. The fraction of sp³-hybridized carbons (Fsp3) is 0.467. The minimum Gasteiger partial charge on any atom is -0.493 e. The molecule has 1 amide bonds. The number of aryl methyl sites for hydroxylation is 1. The van der Waals surface area contributed by atoms with E-state index in [0.717, 1.165) is 30.4 Å². The van der Waals surface area contributed by atoms with Crippen LogP contribution in [0.3, 0.4) is 0 Å². The number of carbonyl (C=O) groups is 1. The highest BCUT2D eigenvalue weighted by Gasteiger charge is 2.42. The van der Waals surface area contributed by atoms with E-state index in [9.17, 15) is 9.59 Å². The van der Waals surface area contributed by atoms with Gasteiger partial charge in [-0.15, -0.1) is 0 Å². The number of amides is 1. The molecular weight excluding hydrogens is 470 g/mol. The number of nitrogens with zero attached hydrogens (tertiary/aromatic N) is 1. The van der Waals surface area contributed by atoms with E-state index < -0.39 is 6.04 Å². The molecule has 198 valence electrons. The van der Waals surface area contributed by atoms with E-state index in [-0.39, 0.29) is 23.2 Å². The van der Waals surface area contributed by atoms with Crippen LogP contribution in [0.2, 0.25) is 0 Å². The molecule has 7 nitrogen and oxygen atoms in total. The van der Waals surface area contributed by atoms with Gasteiger partial charge in [0.05, 0.1) is 36.8 Å². The van der Waals surface area contributed by atoms with Crippen molar-refractivity contribution < 1.29 is 23.4 Å². The molecule has 0 aliphatic carbocycles. The van der Waals surface area contributed by atoms with Gasteiger partial charge in [0.2, 0.25) is 5.76 Å². The van der Waals surface area contributed by atoms with Gasteiger partial charge >= 0.3 is 0 Å². The molecule has 0 N–H and O–H groups in total. The normalized spacial score (nSPS) is 15.0. The molecule has 0 saturated carbocycles. The Morgan fingerprint density at radius 3 is 2.54 bits per heavy atom. The third-order valence-corrected chi connectivity index (χ3v) is 6.62. The molecule has 1 aliphatic heterocycles. The maximum absolute atomic E-state index is 13.8. The molecule has 37 heavy (non-hydrogen) atoms. The SMILES string of the molecule is CCCCCOc1ccc(C2c3c(oc4ccc(C)cc4c3=O)C(=O)N2CCCOC(C)C)cc1OC. The Balaban J connectivity index is 1.75. The Morgan fingerprint density at radius 1 is 1.00 bits per heavy atom. The van der Waals surface area contributed by atoms with Gasteiger partial charge in [-0.25, -0.2) is 0 Å². The summed E-state index contributed by atoms with van der Waals surface area (Å²) in [5.41, 5.74) is 2.33. The summed E-state index contributed by atoms with van der Waals surface area (Å²) in [7, 11) is 1.59. The van der Waals surface area contributed by atoms with E-state index >= 15 is 0 Å². The average molecular weight is 508 g/mol. The van der Waals surface area contributed by atoms with Crippen molar-refractivity contribution in [1.82, 2.24) is 4.90 Å². The summed E-state index contributed by atoms with van der Waals surface area (Å²) in [5, 5.41) is 0.476. The van der Waals surface area contributed by atoms with Crippen LogP contribution in [0.25, 0.3) is 11.0 Å². The van der Waals surface area contributed by atoms with Crippen molar-refractivity contribution in [2.45, 2.75) is 65.5 Å². The van der Waals surface area contributed by atoms with Crippen LogP contribution in [0.1, 0.15) is 79.7 Å². The van der Waals surface area contributed by atoms with E-state index in [0.29, 0.717) is 54.2 Å². The Hall–Kier alpha value is -3.32. The highest BCUT2D eigenvalue weighted by atomic mass is 16.5. The second kappa shape index (κ2) is 11.8. The largest absolute Gasteiger partial charge is 0.493 e. The summed E-state index contributed by atoms with van der Waals surface area (Å²) in [5.74, 6) is 1.03. The third-order valence-electron chi connectivity index (χ3n) is 6.62. The molecule has 1 aliphatic rings. The summed E-state index contributed by atoms with van der Waals surface area (Å²) in [4.78, 5) is 29.1.